The molecule has 1 aliphatic rings. The van der Waals surface area contributed by atoms with Crippen molar-refractivity contribution in [1.29, 1.82) is 0 Å². The van der Waals surface area contributed by atoms with Gasteiger partial charge in [-0.3, -0.25) is 14.7 Å². The van der Waals surface area contributed by atoms with Crippen LogP contribution in [-0.4, -0.2) is 10.9 Å². The molecule has 0 saturated carbocycles. The molecule has 0 fully saturated rings. The van der Waals surface area contributed by atoms with E-state index < -0.39 is 0 Å². The van der Waals surface area contributed by atoms with E-state index in [1.165, 1.54) is 0 Å². The Morgan fingerprint density at radius 3 is 2.48 bits per heavy atom. The van der Waals surface area contributed by atoms with Gasteiger partial charge < -0.3 is 5.32 Å². The van der Waals surface area contributed by atoms with Crippen LogP contribution in [0.2, 0.25) is 0 Å². The van der Waals surface area contributed by atoms with Crippen LogP contribution >= 0.6 is 0 Å². The molecular weight excluding hydrogens is 286 g/mol. The molecule has 1 aromatic heterocycles. The molecule has 4 heteroatoms. The Hall–Kier alpha value is -3.14. The Labute approximate surface area is 134 Å². The fourth-order valence-electron chi connectivity index (χ4n) is 2.88. The zero-order valence-corrected chi connectivity index (χ0v) is 12.4. The molecule has 0 aliphatic carbocycles. The van der Waals surface area contributed by atoms with E-state index in [9.17, 15) is 4.79 Å². The van der Waals surface area contributed by atoms with Crippen LogP contribution in [0.1, 0.15) is 22.1 Å². The number of para-hydroxylation sites is 2. The second-order valence-corrected chi connectivity index (χ2v) is 5.39. The Bertz CT molecular complexity index is 834. The van der Waals surface area contributed by atoms with E-state index in [-0.39, 0.29) is 12.1 Å². The standard InChI is InChI=1S/C19H15N3O/c23-19-16-10-4-5-11-17(16)21-18(14-7-6-12-20-13-14)22(19)15-8-2-1-3-9-15/h1-13,18,21H/t18-/m0/s1. The van der Waals surface area contributed by atoms with Gasteiger partial charge in [-0.05, 0) is 30.3 Å². The average molecular weight is 301 g/mol. The first-order chi connectivity index (χ1) is 11.3. The lowest BCUT2D eigenvalue weighted by molar-refractivity contribution is 0.0975. The fourth-order valence-corrected chi connectivity index (χ4v) is 2.88. The molecule has 23 heavy (non-hydrogen) atoms. The number of benzene rings is 2. The maximum absolute atomic E-state index is 13.1. The van der Waals surface area contributed by atoms with Crippen LogP contribution < -0.4 is 10.2 Å². The summed E-state index contributed by atoms with van der Waals surface area (Å²) in [7, 11) is 0. The number of hydrogen-bond acceptors (Lipinski definition) is 3. The quantitative estimate of drug-likeness (QED) is 0.782. The molecule has 112 valence electrons. The third-order valence-corrected chi connectivity index (χ3v) is 3.96. The molecule has 1 amide bonds. The van der Waals surface area contributed by atoms with Gasteiger partial charge in [0.2, 0.25) is 0 Å². The van der Waals surface area contributed by atoms with Gasteiger partial charge in [0.05, 0.1) is 5.56 Å². The number of rotatable bonds is 2. The van der Waals surface area contributed by atoms with Crippen LogP contribution in [-0.2, 0) is 0 Å². The summed E-state index contributed by atoms with van der Waals surface area (Å²) >= 11 is 0. The average Bonchev–Trinajstić information content (AvgIpc) is 2.63. The third kappa shape index (κ3) is 2.34. The second kappa shape index (κ2) is 5.57. The van der Waals surface area contributed by atoms with Crippen molar-refractivity contribution >= 4 is 17.3 Å². The number of anilines is 2. The molecule has 4 nitrogen and oxygen atoms in total. The summed E-state index contributed by atoms with van der Waals surface area (Å²) in [6.07, 6.45) is 3.23. The summed E-state index contributed by atoms with van der Waals surface area (Å²) < 4.78 is 0. The highest BCUT2D eigenvalue weighted by Gasteiger charge is 2.33. The minimum atomic E-state index is -0.284. The largest absolute Gasteiger partial charge is 0.360 e. The molecule has 0 spiro atoms. The van der Waals surface area contributed by atoms with Gasteiger partial charge in [0.25, 0.3) is 5.91 Å². The maximum Gasteiger partial charge on any atom is 0.262 e. The Morgan fingerprint density at radius 1 is 0.913 bits per heavy atom. The number of amides is 1. The zero-order chi connectivity index (χ0) is 15.6. The summed E-state index contributed by atoms with van der Waals surface area (Å²) in [6, 6.07) is 21.1. The molecule has 2 heterocycles. The molecule has 3 aromatic rings. The van der Waals surface area contributed by atoms with E-state index in [0.717, 1.165) is 16.9 Å². The number of pyridine rings is 1. The summed E-state index contributed by atoms with van der Waals surface area (Å²) in [4.78, 5) is 19.0. The molecule has 4 rings (SSSR count). The first kappa shape index (κ1) is 13.5. The van der Waals surface area contributed by atoms with E-state index in [4.69, 9.17) is 0 Å². The van der Waals surface area contributed by atoms with Crippen molar-refractivity contribution in [3.63, 3.8) is 0 Å². The summed E-state index contributed by atoms with van der Waals surface area (Å²) in [6.45, 7) is 0. The van der Waals surface area contributed by atoms with E-state index in [1.807, 2.05) is 66.7 Å². The van der Waals surface area contributed by atoms with E-state index >= 15 is 0 Å². The zero-order valence-electron chi connectivity index (χ0n) is 12.4. The first-order valence-corrected chi connectivity index (χ1v) is 7.49. The lowest BCUT2D eigenvalue weighted by Gasteiger charge is -2.38. The monoisotopic (exact) mass is 301 g/mol. The third-order valence-electron chi connectivity index (χ3n) is 3.96. The van der Waals surface area contributed by atoms with Crippen LogP contribution in [0.4, 0.5) is 11.4 Å². The number of carbonyl (C=O) groups excluding carboxylic acids is 1. The Morgan fingerprint density at radius 2 is 1.70 bits per heavy atom. The van der Waals surface area contributed by atoms with Crippen molar-refractivity contribution in [2.45, 2.75) is 6.17 Å². The normalized spacial score (nSPS) is 16.6. The van der Waals surface area contributed by atoms with Gasteiger partial charge in [0.1, 0.15) is 6.17 Å². The fraction of sp³-hybridized carbons (Fsp3) is 0.0526. The smallest absolute Gasteiger partial charge is 0.262 e. The van der Waals surface area contributed by atoms with Gasteiger partial charge in [-0.2, -0.15) is 0 Å². The maximum atomic E-state index is 13.1. The van der Waals surface area contributed by atoms with Crippen LogP contribution in [0, 0.1) is 0 Å². The number of carbonyl (C=O) groups is 1. The molecule has 0 saturated heterocycles. The van der Waals surface area contributed by atoms with Crippen molar-refractivity contribution < 1.29 is 4.79 Å². The number of nitrogens with one attached hydrogen (secondary N) is 1. The predicted molar refractivity (Wildman–Crippen MR) is 90.3 cm³/mol. The first-order valence-electron chi connectivity index (χ1n) is 7.49. The molecule has 1 atom stereocenters. The molecule has 1 N–H and O–H groups in total. The van der Waals surface area contributed by atoms with Gasteiger partial charge >= 0.3 is 0 Å². The van der Waals surface area contributed by atoms with Crippen molar-refractivity contribution in [2.24, 2.45) is 0 Å². The number of fused-ring (bicyclic) bond motifs is 1. The van der Waals surface area contributed by atoms with Crippen LogP contribution in [0.25, 0.3) is 0 Å². The molecule has 0 radical (unpaired) electrons. The van der Waals surface area contributed by atoms with E-state index in [0.29, 0.717) is 5.56 Å². The van der Waals surface area contributed by atoms with Crippen molar-refractivity contribution in [2.75, 3.05) is 10.2 Å². The summed E-state index contributed by atoms with van der Waals surface area (Å²) in [5.41, 5.74) is 3.32. The Kier molecular flexibility index (Phi) is 3.27. The van der Waals surface area contributed by atoms with E-state index in [2.05, 4.69) is 10.3 Å². The van der Waals surface area contributed by atoms with Crippen LogP contribution in [0.5, 0.6) is 0 Å². The molecular formula is C19H15N3O. The highest BCUT2D eigenvalue weighted by Crippen LogP contribution is 2.36. The van der Waals surface area contributed by atoms with E-state index in [1.54, 1.807) is 17.3 Å². The van der Waals surface area contributed by atoms with Gasteiger partial charge in [0, 0.05) is 29.3 Å². The highest BCUT2D eigenvalue weighted by molar-refractivity contribution is 6.12. The molecule has 2 aromatic carbocycles. The van der Waals surface area contributed by atoms with Gasteiger partial charge in [-0.25, -0.2) is 0 Å². The Balaban J connectivity index is 1.87. The van der Waals surface area contributed by atoms with Gasteiger partial charge in [0.15, 0.2) is 0 Å². The molecule has 1 aliphatic heterocycles. The highest BCUT2D eigenvalue weighted by atomic mass is 16.2. The summed E-state index contributed by atoms with van der Waals surface area (Å²) in [5.74, 6) is -0.0144. The molecule has 0 bridgehead atoms. The van der Waals surface area contributed by atoms with Crippen LogP contribution in [0.15, 0.2) is 79.1 Å². The van der Waals surface area contributed by atoms with Crippen LogP contribution in [0.3, 0.4) is 0 Å². The number of nitrogens with zero attached hydrogens (tertiary/aromatic N) is 2. The molecule has 0 unspecified atom stereocenters. The minimum Gasteiger partial charge on any atom is -0.360 e. The summed E-state index contributed by atoms with van der Waals surface area (Å²) in [5, 5.41) is 3.46. The second-order valence-electron chi connectivity index (χ2n) is 5.39. The predicted octanol–water partition coefficient (Wildman–Crippen LogP) is 3.85. The topological polar surface area (TPSA) is 45.2 Å². The van der Waals surface area contributed by atoms with Crippen molar-refractivity contribution in [3.8, 4) is 0 Å². The lowest BCUT2D eigenvalue weighted by atomic mass is 10.0. The lowest BCUT2D eigenvalue weighted by Crippen LogP contribution is -2.43. The van der Waals surface area contributed by atoms with Gasteiger partial charge in [-0.1, -0.05) is 36.4 Å². The minimum absolute atomic E-state index is 0.0144. The van der Waals surface area contributed by atoms with Gasteiger partial charge in [-0.15, -0.1) is 0 Å². The number of hydrogen-bond donors (Lipinski definition) is 1. The van der Waals surface area contributed by atoms with Crippen molar-refractivity contribution in [1.82, 2.24) is 4.98 Å². The van der Waals surface area contributed by atoms with Crippen molar-refractivity contribution in [3.05, 3.63) is 90.3 Å². The number of aromatic nitrogens is 1. The SMILES string of the molecule is O=C1c2ccccc2N[C@H](c2cccnc2)N1c1ccccc1.